The second kappa shape index (κ2) is 10.2. The van der Waals surface area contributed by atoms with Crippen LogP contribution in [0.1, 0.15) is 46.0 Å². The number of nitrogens with one attached hydrogen (secondary N) is 2. The van der Waals surface area contributed by atoms with E-state index in [0.717, 1.165) is 0 Å². The first-order valence-corrected chi connectivity index (χ1v) is 6.56. The van der Waals surface area contributed by atoms with Gasteiger partial charge >= 0.3 is 0 Å². The van der Waals surface area contributed by atoms with E-state index in [9.17, 15) is 19.2 Å². The van der Waals surface area contributed by atoms with Crippen molar-refractivity contribution in [2.45, 2.75) is 46.0 Å². The second-order valence-corrected chi connectivity index (χ2v) is 4.16. The van der Waals surface area contributed by atoms with Gasteiger partial charge in [0, 0.05) is 38.8 Å². The van der Waals surface area contributed by atoms with E-state index in [1.54, 1.807) is 13.8 Å². The minimum atomic E-state index is -0.257. The molecule has 6 heteroatoms. The smallest absolute Gasteiger partial charge is 0.220 e. The molecule has 2 N–H and O–H groups in total. The molecule has 0 saturated heterocycles. The molecule has 0 unspecified atom stereocenters. The Bertz CT molecular complexity index is 308. The van der Waals surface area contributed by atoms with Crippen molar-refractivity contribution in [1.82, 2.24) is 10.6 Å². The van der Waals surface area contributed by atoms with Gasteiger partial charge in [0.05, 0.1) is 6.42 Å². The van der Waals surface area contributed by atoms with Gasteiger partial charge in [-0.2, -0.15) is 0 Å². The Hall–Kier alpha value is -1.72. The third-order valence-corrected chi connectivity index (χ3v) is 2.40. The predicted octanol–water partition coefficient (Wildman–Crippen LogP) is 0.347. The number of hydrogen-bond acceptors (Lipinski definition) is 4. The molecule has 0 saturated carbocycles. The number of rotatable bonds is 10. The van der Waals surface area contributed by atoms with E-state index in [0.29, 0.717) is 13.1 Å². The lowest BCUT2D eigenvalue weighted by Crippen LogP contribution is -2.24. The zero-order chi connectivity index (χ0) is 14.7. The first-order valence-electron chi connectivity index (χ1n) is 6.56. The Morgan fingerprint density at radius 3 is 1.37 bits per heavy atom. The lowest BCUT2D eigenvalue weighted by molar-refractivity contribution is -0.130. The maximum atomic E-state index is 11.4. The molecule has 0 heterocycles. The lowest BCUT2D eigenvalue weighted by atomic mass is 10.1. The summed E-state index contributed by atoms with van der Waals surface area (Å²) in [6.45, 7) is 4.65. The molecule has 0 radical (unpaired) electrons. The average molecular weight is 270 g/mol. The monoisotopic (exact) mass is 270 g/mol. The van der Waals surface area contributed by atoms with Gasteiger partial charge in [-0.1, -0.05) is 0 Å². The summed E-state index contributed by atoms with van der Waals surface area (Å²) in [5.74, 6) is -0.893. The normalized spacial score (nSPS) is 9.79. The van der Waals surface area contributed by atoms with E-state index in [1.165, 1.54) is 0 Å². The Morgan fingerprint density at radius 1 is 0.684 bits per heavy atom. The Balaban J connectivity index is 3.78. The summed E-state index contributed by atoms with van der Waals surface area (Å²) in [5.41, 5.74) is 0. The van der Waals surface area contributed by atoms with E-state index in [1.807, 2.05) is 0 Å². The highest BCUT2D eigenvalue weighted by molar-refractivity contribution is 6.00. The number of carbonyl (C=O) groups excluding carboxylic acids is 4. The molecule has 19 heavy (non-hydrogen) atoms. The summed E-state index contributed by atoms with van der Waals surface area (Å²) >= 11 is 0. The maximum absolute atomic E-state index is 11.4. The molecule has 0 spiro atoms. The van der Waals surface area contributed by atoms with Crippen molar-refractivity contribution in [3.05, 3.63) is 0 Å². The zero-order valence-corrected chi connectivity index (χ0v) is 11.6. The molecule has 0 aromatic rings. The van der Waals surface area contributed by atoms with Crippen LogP contribution < -0.4 is 10.6 Å². The van der Waals surface area contributed by atoms with Crippen LogP contribution in [0, 0.1) is 0 Å². The molecule has 6 nitrogen and oxygen atoms in total. The van der Waals surface area contributed by atoms with Gasteiger partial charge in [0.1, 0.15) is 11.6 Å². The van der Waals surface area contributed by atoms with Crippen LogP contribution in [0.25, 0.3) is 0 Å². The first kappa shape index (κ1) is 17.3. The highest BCUT2D eigenvalue weighted by atomic mass is 16.2. The van der Waals surface area contributed by atoms with Crippen LogP contribution in [0.2, 0.25) is 0 Å². The van der Waals surface area contributed by atoms with Gasteiger partial charge in [-0.05, 0) is 13.8 Å². The van der Waals surface area contributed by atoms with Crippen molar-refractivity contribution >= 4 is 23.4 Å². The molecule has 0 aliphatic carbocycles. The predicted molar refractivity (Wildman–Crippen MR) is 70.5 cm³/mol. The molecular weight excluding hydrogens is 248 g/mol. The van der Waals surface area contributed by atoms with Crippen LogP contribution in [0.4, 0.5) is 0 Å². The van der Waals surface area contributed by atoms with Gasteiger partial charge < -0.3 is 10.6 Å². The van der Waals surface area contributed by atoms with E-state index < -0.39 is 0 Å². The van der Waals surface area contributed by atoms with Crippen LogP contribution in [-0.2, 0) is 19.2 Å². The molecule has 0 aromatic heterocycles. The van der Waals surface area contributed by atoms with Crippen LogP contribution >= 0.6 is 0 Å². The topological polar surface area (TPSA) is 92.3 Å². The van der Waals surface area contributed by atoms with Gasteiger partial charge in [-0.15, -0.1) is 0 Å². The van der Waals surface area contributed by atoms with Gasteiger partial charge in [-0.3, -0.25) is 19.2 Å². The van der Waals surface area contributed by atoms with Crippen molar-refractivity contribution in [3.8, 4) is 0 Å². The maximum Gasteiger partial charge on any atom is 0.220 e. The van der Waals surface area contributed by atoms with Crippen LogP contribution in [0.15, 0.2) is 0 Å². The van der Waals surface area contributed by atoms with Crippen LogP contribution in [-0.4, -0.2) is 36.5 Å². The number of Topliss-reactive ketones (excluding diaryl/α,β-unsaturated/α-hetero) is 2. The quantitative estimate of drug-likeness (QED) is 0.560. The fourth-order valence-corrected chi connectivity index (χ4v) is 1.47. The number of amides is 2. The average Bonchev–Trinajstić information content (AvgIpc) is 2.35. The van der Waals surface area contributed by atoms with E-state index in [-0.39, 0.29) is 55.5 Å². The van der Waals surface area contributed by atoms with Crippen molar-refractivity contribution < 1.29 is 19.2 Å². The molecule has 0 aromatic carbocycles. The van der Waals surface area contributed by atoms with Gasteiger partial charge in [0.25, 0.3) is 0 Å². The van der Waals surface area contributed by atoms with E-state index in [4.69, 9.17) is 0 Å². The van der Waals surface area contributed by atoms with Crippen molar-refractivity contribution in [3.63, 3.8) is 0 Å². The van der Waals surface area contributed by atoms with Crippen molar-refractivity contribution in [2.24, 2.45) is 0 Å². The molecule has 108 valence electrons. The summed E-state index contributed by atoms with van der Waals surface area (Å²) in [7, 11) is 0. The number of ketones is 2. The highest BCUT2D eigenvalue weighted by Crippen LogP contribution is 2.01. The third-order valence-electron chi connectivity index (χ3n) is 2.40. The number of hydrogen-bond donors (Lipinski definition) is 2. The van der Waals surface area contributed by atoms with Gasteiger partial charge in [0.2, 0.25) is 11.8 Å². The van der Waals surface area contributed by atoms with E-state index in [2.05, 4.69) is 10.6 Å². The second-order valence-electron chi connectivity index (χ2n) is 4.16. The highest BCUT2D eigenvalue weighted by Gasteiger charge is 2.12. The summed E-state index contributed by atoms with van der Waals surface area (Å²) in [6, 6.07) is 0. The molecule has 0 atom stereocenters. The number of carbonyl (C=O) groups is 4. The Labute approximate surface area is 113 Å². The summed E-state index contributed by atoms with van der Waals surface area (Å²) in [6.07, 6.45) is 0.156. The minimum absolute atomic E-state index is 0.0682. The SMILES string of the molecule is CCNC(=O)CCC(=O)CC(=O)CCC(=O)NCC. The fourth-order valence-electron chi connectivity index (χ4n) is 1.47. The lowest BCUT2D eigenvalue weighted by Gasteiger charge is -2.03. The standard InChI is InChI=1S/C13H22N2O4/c1-3-14-12(18)7-5-10(16)9-11(17)6-8-13(19)15-4-2/h3-9H2,1-2H3,(H,14,18)(H,15,19). The summed E-state index contributed by atoms with van der Waals surface area (Å²) < 4.78 is 0. The summed E-state index contributed by atoms with van der Waals surface area (Å²) in [4.78, 5) is 45.1. The largest absolute Gasteiger partial charge is 0.356 e. The van der Waals surface area contributed by atoms with E-state index >= 15 is 0 Å². The molecule has 0 aliphatic rings. The third kappa shape index (κ3) is 9.93. The Morgan fingerprint density at radius 2 is 1.05 bits per heavy atom. The van der Waals surface area contributed by atoms with Crippen molar-refractivity contribution in [2.75, 3.05) is 13.1 Å². The molecular formula is C13H22N2O4. The molecule has 0 aliphatic heterocycles. The van der Waals surface area contributed by atoms with Crippen molar-refractivity contribution in [1.29, 1.82) is 0 Å². The van der Waals surface area contributed by atoms with Gasteiger partial charge in [-0.25, -0.2) is 0 Å². The Kier molecular flexibility index (Phi) is 9.30. The van der Waals surface area contributed by atoms with Crippen LogP contribution in [0.3, 0.4) is 0 Å². The molecule has 0 bridgehead atoms. The summed E-state index contributed by atoms with van der Waals surface area (Å²) in [5, 5.41) is 5.16. The zero-order valence-electron chi connectivity index (χ0n) is 11.6. The van der Waals surface area contributed by atoms with Gasteiger partial charge in [0.15, 0.2) is 0 Å². The molecule has 0 fully saturated rings. The van der Waals surface area contributed by atoms with Crippen LogP contribution in [0.5, 0.6) is 0 Å². The fraction of sp³-hybridized carbons (Fsp3) is 0.692. The molecule has 2 amide bonds. The first-order chi connectivity index (χ1) is 8.99. The minimum Gasteiger partial charge on any atom is -0.356 e. The molecule has 0 rings (SSSR count).